The van der Waals surface area contributed by atoms with E-state index in [0.717, 1.165) is 28.6 Å². The van der Waals surface area contributed by atoms with Crippen LogP contribution in [-0.2, 0) is 13.1 Å². The van der Waals surface area contributed by atoms with Gasteiger partial charge in [-0.05, 0) is 47.5 Å². The summed E-state index contributed by atoms with van der Waals surface area (Å²) in [6.45, 7) is 4.52. The molecule has 0 atom stereocenters. The van der Waals surface area contributed by atoms with E-state index >= 15 is 0 Å². The molecule has 0 aliphatic heterocycles. The van der Waals surface area contributed by atoms with Crippen molar-refractivity contribution in [2.24, 2.45) is 5.41 Å². The molecular weight excluding hydrogens is 480 g/mol. The second-order valence-corrected chi connectivity index (χ2v) is 9.54. The summed E-state index contributed by atoms with van der Waals surface area (Å²) in [7, 11) is 0. The van der Waals surface area contributed by atoms with Crippen LogP contribution in [0.15, 0.2) is 65.8 Å². The summed E-state index contributed by atoms with van der Waals surface area (Å²) in [5.41, 5.74) is 0.938. The van der Waals surface area contributed by atoms with Crippen molar-refractivity contribution < 1.29 is 18.7 Å². The number of aliphatic hydroxyl groups is 1. The van der Waals surface area contributed by atoms with Gasteiger partial charge in [-0.2, -0.15) is 0 Å². The maximum atomic E-state index is 13.5. The molecule has 10 heteroatoms. The van der Waals surface area contributed by atoms with Crippen LogP contribution >= 0.6 is 0 Å². The van der Waals surface area contributed by atoms with Crippen LogP contribution in [0.5, 0.6) is 0 Å². The number of hydrogen-bond acceptors (Lipinski definition) is 6. The zero-order valence-corrected chi connectivity index (χ0v) is 20.5. The number of anilines is 1. The number of fused-ring (bicyclic) bond motifs is 1. The fourth-order valence-electron chi connectivity index (χ4n) is 3.68. The van der Waals surface area contributed by atoms with Crippen molar-refractivity contribution >= 4 is 22.6 Å². The quantitative estimate of drug-likeness (QED) is 0.320. The van der Waals surface area contributed by atoms with Gasteiger partial charge in [-0.3, -0.25) is 9.59 Å². The molecule has 0 aliphatic rings. The lowest BCUT2D eigenvalue weighted by Gasteiger charge is -2.22. The van der Waals surface area contributed by atoms with E-state index in [1.165, 1.54) is 29.2 Å². The minimum absolute atomic E-state index is 0.00923. The fraction of sp³-hybridized carbons (Fsp3) is 0.259. The van der Waals surface area contributed by atoms with Gasteiger partial charge in [0.1, 0.15) is 17.7 Å². The van der Waals surface area contributed by atoms with Gasteiger partial charge in [-0.15, -0.1) is 0 Å². The first-order valence-corrected chi connectivity index (χ1v) is 11.7. The Labute approximate surface area is 212 Å². The summed E-state index contributed by atoms with van der Waals surface area (Å²) in [4.78, 5) is 34.3. The Morgan fingerprint density at radius 2 is 1.84 bits per heavy atom. The third-order valence-electron chi connectivity index (χ3n) is 5.92. The molecule has 0 saturated heterocycles. The van der Waals surface area contributed by atoms with Crippen molar-refractivity contribution in [2.45, 2.75) is 26.9 Å². The Kier molecular flexibility index (Phi) is 7.58. The first-order valence-electron chi connectivity index (χ1n) is 11.7. The highest BCUT2D eigenvalue weighted by atomic mass is 19.2. The van der Waals surface area contributed by atoms with Crippen LogP contribution in [0.25, 0.3) is 10.9 Å². The van der Waals surface area contributed by atoms with Crippen molar-refractivity contribution in [1.82, 2.24) is 19.9 Å². The molecule has 192 valence electrons. The van der Waals surface area contributed by atoms with E-state index in [2.05, 4.69) is 20.6 Å². The van der Waals surface area contributed by atoms with Crippen LogP contribution < -0.4 is 16.2 Å². The molecule has 2 aromatic carbocycles. The third kappa shape index (κ3) is 6.15. The van der Waals surface area contributed by atoms with Gasteiger partial charge >= 0.3 is 0 Å². The van der Waals surface area contributed by atoms with E-state index in [1.807, 2.05) is 32.0 Å². The lowest BCUT2D eigenvalue weighted by molar-refractivity contribution is 0.0949. The van der Waals surface area contributed by atoms with Gasteiger partial charge in [0.2, 0.25) is 0 Å². The van der Waals surface area contributed by atoms with Crippen LogP contribution in [0.2, 0.25) is 0 Å². The lowest BCUT2D eigenvalue weighted by atomic mass is 9.95. The molecule has 0 bridgehead atoms. The number of carbonyl (C=O) groups excluding carboxylic acids is 1. The second kappa shape index (κ2) is 10.8. The normalized spacial score (nSPS) is 11.5. The average molecular weight is 508 g/mol. The van der Waals surface area contributed by atoms with Gasteiger partial charge in [0.15, 0.2) is 11.6 Å². The van der Waals surface area contributed by atoms with Gasteiger partial charge < -0.3 is 20.3 Å². The molecule has 1 amide bonds. The number of benzene rings is 2. The van der Waals surface area contributed by atoms with Crippen LogP contribution in [0, 0.1) is 17.0 Å². The highest BCUT2D eigenvalue weighted by molar-refractivity contribution is 5.94. The Morgan fingerprint density at radius 3 is 2.59 bits per heavy atom. The Bertz CT molecular complexity index is 1500. The van der Waals surface area contributed by atoms with Crippen LogP contribution in [0.1, 0.15) is 35.3 Å². The smallest absolute Gasteiger partial charge is 0.263 e. The van der Waals surface area contributed by atoms with Gasteiger partial charge in [-0.25, -0.2) is 18.7 Å². The standard InChI is InChI=1S/C27H27F2N5O3/c1-27(2,15-35)14-31-24-20-10-17(6-8-23(20)32-16-33-24)12-30-25(36)19-4-3-9-34(26(19)37)13-18-5-7-21(28)22(29)11-18/h3-11,16,35H,12-15H2,1-2H3,(H,30,36)(H,31,32,33). The van der Waals surface area contributed by atoms with Gasteiger partial charge in [-0.1, -0.05) is 26.0 Å². The molecule has 0 unspecified atom stereocenters. The minimum Gasteiger partial charge on any atom is -0.396 e. The number of aromatic nitrogens is 3. The maximum Gasteiger partial charge on any atom is 0.263 e. The number of halogens is 2. The molecule has 2 heterocycles. The molecular formula is C27H27F2N5O3. The summed E-state index contributed by atoms with van der Waals surface area (Å²) >= 11 is 0. The van der Waals surface area contributed by atoms with Crippen molar-refractivity contribution in [3.05, 3.63) is 99.7 Å². The number of pyridine rings is 1. The largest absolute Gasteiger partial charge is 0.396 e. The van der Waals surface area contributed by atoms with Crippen LogP contribution in [-0.4, -0.2) is 38.7 Å². The Balaban J connectivity index is 1.49. The topological polar surface area (TPSA) is 109 Å². The number of nitrogens with one attached hydrogen (secondary N) is 2. The summed E-state index contributed by atoms with van der Waals surface area (Å²) in [5.74, 6) is -1.92. The summed E-state index contributed by atoms with van der Waals surface area (Å²) < 4.78 is 28.0. The first-order chi connectivity index (χ1) is 17.7. The highest BCUT2D eigenvalue weighted by Crippen LogP contribution is 2.23. The molecule has 8 nitrogen and oxygen atoms in total. The van der Waals surface area contributed by atoms with E-state index in [4.69, 9.17) is 0 Å². The Hall–Kier alpha value is -4.18. The minimum atomic E-state index is -1.00. The molecule has 0 spiro atoms. The number of hydrogen-bond donors (Lipinski definition) is 3. The van der Waals surface area contributed by atoms with E-state index in [-0.39, 0.29) is 30.7 Å². The van der Waals surface area contributed by atoms with Crippen molar-refractivity contribution in [3.63, 3.8) is 0 Å². The zero-order valence-electron chi connectivity index (χ0n) is 20.5. The third-order valence-corrected chi connectivity index (χ3v) is 5.92. The summed E-state index contributed by atoms with van der Waals surface area (Å²) in [6, 6.07) is 11.9. The summed E-state index contributed by atoms with van der Waals surface area (Å²) in [6.07, 6.45) is 2.94. The van der Waals surface area contributed by atoms with Crippen molar-refractivity contribution in [2.75, 3.05) is 18.5 Å². The van der Waals surface area contributed by atoms with Crippen LogP contribution in [0.4, 0.5) is 14.6 Å². The molecule has 0 saturated carbocycles. The number of carbonyl (C=O) groups is 1. The SMILES string of the molecule is CC(C)(CO)CNc1ncnc2ccc(CNC(=O)c3cccn(Cc4ccc(F)c(F)c4)c3=O)cc12. The molecule has 3 N–H and O–H groups in total. The second-order valence-electron chi connectivity index (χ2n) is 9.54. The average Bonchev–Trinajstić information content (AvgIpc) is 2.89. The molecule has 4 aromatic rings. The van der Waals surface area contributed by atoms with Crippen LogP contribution in [0.3, 0.4) is 0 Å². The molecule has 2 aromatic heterocycles. The van der Waals surface area contributed by atoms with Crippen molar-refractivity contribution in [3.8, 4) is 0 Å². The summed E-state index contributed by atoms with van der Waals surface area (Å²) in [5, 5.41) is 16.3. The molecule has 0 fully saturated rings. The van der Waals surface area contributed by atoms with E-state index in [9.17, 15) is 23.5 Å². The lowest BCUT2D eigenvalue weighted by Crippen LogP contribution is -2.32. The Morgan fingerprint density at radius 1 is 1.05 bits per heavy atom. The molecule has 0 aliphatic carbocycles. The zero-order chi connectivity index (χ0) is 26.6. The van der Waals surface area contributed by atoms with Gasteiger partial charge in [0.25, 0.3) is 11.5 Å². The predicted octanol–water partition coefficient (Wildman–Crippen LogP) is 3.48. The number of amides is 1. The molecule has 37 heavy (non-hydrogen) atoms. The van der Waals surface area contributed by atoms with E-state index < -0.39 is 23.1 Å². The fourth-order valence-corrected chi connectivity index (χ4v) is 3.68. The molecule has 4 rings (SSSR count). The van der Waals surface area contributed by atoms with E-state index in [1.54, 1.807) is 6.07 Å². The number of rotatable bonds is 9. The van der Waals surface area contributed by atoms with Gasteiger partial charge in [0.05, 0.1) is 12.1 Å². The maximum absolute atomic E-state index is 13.5. The monoisotopic (exact) mass is 507 g/mol. The highest BCUT2D eigenvalue weighted by Gasteiger charge is 2.17. The van der Waals surface area contributed by atoms with Gasteiger partial charge in [0, 0.05) is 36.7 Å². The van der Waals surface area contributed by atoms with E-state index in [0.29, 0.717) is 17.9 Å². The first kappa shape index (κ1) is 25.9. The number of nitrogens with zero attached hydrogens (tertiary/aromatic N) is 3. The molecule has 0 radical (unpaired) electrons. The predicted molar refractivity (Wildman–Crippen MR) is 136 cm³/mol. The van der Waals surface area contributed by atoms with Crippen molar-refractivity contribution in [1.29, 1.82) is 0 Å². The number of aliphatic hydroxyl groups excluding tert-OH is 1.